The van der Waals surface area contributed by atoms with Gasteiger partial charge in [-0.05, 0) is 25.0 Å². The van der Waals surface area contributed by atoms with E-state index in [1.165, 1.54) is 6.07 Å². The summed E-state index contributed by atoms with van der Waals surface area (Å²) >= 11 is 0. The summed E-state index contributed by atoms with van der Waals surface area (Å²) in [7, 11) is 0. The van der Waals surface area contributed by atoms with Gasteiger partial charge in [0.2, 0.25) is 5.95 Å². The van der Waals surface area contributed by atoms with E-state index >= 15 is 0 Å². The third kappa shape index (κ3) is 3.47. The van der Waals surface area contributed by atoms with Gasteiger partial charge in [0.25, 0.3) is 0 Å². The zero-order valence-electron chi connectivity index (χ0n) is 9.29. The summed E-state index contributed by atoms with van der Waals surface area (Å²) in [6.45, 7) is 5.95. The summed E-state index contributed by atoms with van der Waals surface area (Å²) in [4.78, 5) is 3.65. The number of anilines is 1. The van der Waals surface area contributed by atoms with Crippen molar-refractivity contribution < 1.29 is 9.50 Å². The molecule has 0 aliphatic rings. The summed E-state index contributed by atoms with van der Waals surface area (Å²) in [6, 6.07) is 4.53. The lowest BCUT2D eigenvalue weighted by molar-refractivity contribution is 0.0265. The number of nitrogens with zero attached hydrogens (tertiary/aromatic N) is 1. The van der Waals surface area contributed by atoms with Gasteiger partial charge >= 0.3 is 0 Å². The molecular formula is C11H17FN2O. The van der Waals surface area contributed by atoms with E-state index in [0.29, 0.717) is 12.4 Å². The molecule has 0 saturated carbocycles. The first-order valence-electron chi connectivity index (χ1n) is 5.00. The molecule has 1 aromatic heterocycles. The van der Waals surface area contributed by atoms with Gasteiger partial charge in [0, 0.05) is 6.54 Å². The Balaban J connectivity index is 2.57. The highest BCUT2D eigenvalue weighted by Gasteiger charge is 2.24. The molecule has 1 aromatic rings. The highest BCUT2D eigenvalue weighted by molar-refractivity contribution is 5.33. The minimum atomic E-state index is -0.825. The molecule has 1 atom stereocenters. The molecule has 2 N–H and O–H groups in total. The first-order valence-corrected chi connectivity index (χ1v) is 5.00. The lowest BCUT2D eigenvalue weighted by Gasteiger charge is -2.28. The van der Waals surface area contributed by atoms with E-state index in [0.717, 1.165) is 0 Å². The van der Waals surface area contributed by atoms with Crippen LogP contribution in [0.2, 0.25) is 0 Å². The largest absolute Gasteiger partial charge is 0.388 e. The maximum Gasteiger partial charge on any atom is 0.214 e. The van der Waals surface area contributed by atoms with Crippen LogP contribution in [0, 0.1) is 11.9 Å². The third-order valence-electron chi connectivity index (χ3n) is 2.59. The van der Waals surface area contributed by atoms with Crippen molar-refractivity contribution in [2.75, 3.05) is 11.9 Å². The molecule has 0 aliphatic carbocycles. The molecule has 4 heteroatoms. The van der Waals surface area contributed by atoms with Crippen molar-refractivity contribution in [2.24, 2.45) is 5.92 Å². The van der Waals surface area contributed by atoms with Crippen molar-refractivity contribution in [3.63, 3.8) is 0 Å². The highest BCUT2D eigenvalue weighted by Crippen LogP contribution is 2.16. The maximum atomic E-state index is 12.7. The van der Waals surface area contributed by atoms with Gasteiger partial charge in [0.05, 0.1) is 5.60 Å². The summed E-state index contributed by atoms with van der Waals surface area (Å²) in [5, 5.41) is 12.8. The first-order chi connectivity index (χ1) is 6.92. The molecule has 0 amide bonds. The molecule has 0 spiro atoms. The third-order valence-corrected chi connectivity index (χ3v) is 2.59. The molecule has 0 bridgehead atoms. The van der Waals surface area contributed by atoms with Gasteiger partial charge in [-0.3, -0.25) is 0 Å². The van der Waals surface area contributed by atoms with Gasteiger partial charge < -0.3 is 10.4 Å². The Morgan fingerprint density at radius 3 is 2.73 bits per heavy atom. The second kappa shape index (κ2) is 4.57. The fourth-order valence-corrected chi connectivity index (χ4v) is 0.980. The van der Waals surface area contributed by atoms with Crippen LogP contribution >= 0.6 is 0 Å². The van der Waals surface area contributed by atoms with E-state index in [4.69, 9.17) is 0 Å². The maximum absolute atomic E-state index is 12.7. The lowest BCUT2D eigenvalue weighted by atomic mass is 9.93. The van der Waals surface area contributed by atoms with E-state index in [9.17, 15) is 9.50 Å². The Bertz CT molecular complexity index is 326. The Kier molecular flexibility index (Phi) is 3.63. The molecule has 0 fully saturated rings. The van der Waals surface area contributed by atoms with Crippen LogP contribution in [0.1, 0.15) is 20.8 Å². The predicted molar refractivity (Wildman–Crippen MR) is 58.1 cm³/mol. The van der Waals surface area contributed by atoms with Crippen LogP contribution in [0.3, 0.4) is 0 Å². The van der Waals surface area contributed by atoms with Crippen molar-refractivity contribution in [1.29, 1.82) is 0 Å². The SMILES string of the molecule is CC(C)[C@@](C)(O)CNc1cccc(F)n1. The van der Waals surface area contributed by atoms with Crippen LogP contribution in [0.5, 0.6) is 0 Å². The van der Waals surface area contributed by atoms with E-state index in [1.54, 1.807) is 19.1 Å². The molecule has 0 radical (unpaired) electrons. The molecule has 0 aliphatic heterocycles. The number of rotatable bonds is 4. The van der Waals surface area contributed by atoms with Crippen molar-refractivity contribution in [3.05, 3.63) is 24.1 Å². The molecular weight excluding hydrogens is 195 g/mol. The summed E-state index contributed by atoms with van der Waals surface area (Å²) in [5.41, 5.74) is -0.825. The van der Waals surface area contributed by atoms with Gasteiger partial charge in [0.15, 0.2) is 0 Å². The number of aliphatic hydroxyl groups is 1. The Labute approximate surface area is 89.4 Å². The average molecular weight is 212 g/mol. The van der Waals surface area contributed by atoms with Gasteiger partial charge in [-0.1, -0.05) is 19.9 Å². The van der Waals surface area contributed by atoms with Crippen molar-refractivity contribution >= 4 is 5.82 Å². The Morgan fingerprint density at radius 2 is 2.20 bits per heavy atom. The van der Waals surface area contributed by atoms with Crippen LogP contribution in [0.15, 0.2) is 18.2 Å². The number of pyridine rings is 1. The first kappa shape index (κ1) is 11.9. The number of halogens is 1. The molecule has 3 nitrogen and oxygen atoms in total. The summed E-state index contributed by atoms with van der Waals surface area (Å²) in [6.07, 6.45) is 0. The van der Waals surface area contributed by atoms with Crippen molar-refractivity contribution in [1.82, 2.24) is 4.98 Å². The summed E-state index contributed by atoms with van der Waals surface area (Å²) in [5.74, 6) is 0.0404. The second-order valence-electron chi connectivity index (χ2n) is 4.21. The van der Waals surface area contributed by atoms with E-state index in [1.807, 2.05) is 13.8 Å². The minimum absolute atomic E-state index is 0.124. The molecule has 1 heterocycles. The van der Waals surface area contributed by atoms with Gasteiger partial charge in [-0.15, -0.1) is 0 Å². The molecule has 0 aromatic carbocycles. The summed E-state index contributed by atoms with van der Waals surface area (Å²) < 4.78 is 12.7. The molecule has 1 rings (SSSR count). The van der Waals surface area contributed by atoms with E-state index in [2.05, 4.69) is 10.3 Å². The minimum Gasteiger partial charge on any atom is -0.388 e. The quantitative estimate of drug-likeness (QED) is 0.751. The number of aromatic nitrogens is 1. The molecule has 15 heavy (non-hydrogen) atoms. The normalized spacial score (nSPS) is 15.1. The van der Waals surface area contributed by atoms with E-state index in [-0.39, 0.29) is 5.92 Å². The number of nitrogens with one attached hydrogen (secondary N) is 1. The molecule has 0 saturated heterocycles. The van der Waals surface area contributed by atoms with Crippen molar-refractivity contribution in [3.8, 4) is 0 Å². The number of hydrogen-bond acceptors (Lipinski definition) is 3. The van der Waals surface area contributed by atoms with Crippen LogP contribution in [-0.2, 0) is 0 Å². The smallest absolute Gasteiger partial charge is 0.214 e. The fraction of sp³-hybridized carbons (Fsp3) is 0.545. The topological polar surface area (TPSA) is 45.1 Å². The van der Waals surface area contributed by atoms with Crippen LogP contribution in [0.4, 0.5) is 10.2 Å². The Hall–Kier alpha value is -1.16. The van der Waals surface area contributed by atoms with E-state index < -0.39 is 11.5 Å². The standard InChI is InChI=1S/C11H17FN2O/c1-8(2)11(3,15)7-13-10-6-4-5-9(12)14-10/h4-6,8,15H,7H2,1-3H3,(H,13,14)/t11-/m0/s1. The zero-order valence-corrected chi connectivity index (χ0v) is 9.29. The average Bonchev–Trinajstić information content (AvgIpc) is 2.15. The zero-order chi connectivity index (χ0) is 11.5. The number of hydrogen-bond donors (Lipinski definition) is 2. The van der Waals surface area contributed by atoms with Gasteiger partial charge in [0.1, 0.15) is 5.82 Å². The second-order valence-corrected chi connectivity index (χ2v) is 4.21. The fourth-order valence-electron chi connectivity index (χ4n) is 0.980. The van der Waals surface area contributed by atoms with Crippen molar-refractivity contribution in [2.45, 2.75) is 26.4 Å². The van der Waals surface area contributed by atoms with Gasteiger partial charge in [-0.25, -0.2) is 4.98 Å². The predicted octanol–water partition coefficient (Wildman–Crippen LogP) is 2.04. The highest BCUT2D eigenvalue weighted by atomic mass is 19.1. The van der Waals surface area contributed by atoms with Crippen LogP contribution in [-0.4, -0.2) is 22.2 Å². The Morgan fingerprint density at radius 1 is 1.53 bits per heavy atom. The molecule has 0 unspecified atom stereocenters. The monoisotopic (exact) mass is 212 g/mol. The molecule has 84 valence electrons. The van der Waals surface area contributed by atoms with Crippen LogP contribution < -0.4 is 5.32 Å². The van der Waals surface area contributed by atoms with Gasteiger partial charge in [-0.2, -0.15) is 4.39 Å². The van der Waals surface area contributed by atoms with Crippen LogP contribution in [0.25, 0.3) is 0 Å². The lowest BCUT2D eigenvalue weighted by Crippen LogP contribution is -2.38.